The number of rotatable bonds is 4. The molecule has 0 spiro atoms. The van der Waals surface area contributed by atoms with Crippen LogP contribution >= 0.6 is 15.9 Å². The molecule has 1 aromatic carbocycles. The maximum Gasteiger partial charge on any atom is 0.573 e. The van der Waals surface area contributed by atoms with E-state index >= 15 is 0 Å². The lowest BCUT2D eigenvalue weighted by Crippen LogP contribution is -2.34. The Hall–Kier alpha value is -1.44. The van der Waals surface area contributed by atoms with E-state index in [2.05, 4.69) is 26.0 Å². The highest BCUT2D eigenvalue weighted by atomic mass is 79.9. The van der Waals surface area contributed by atoms with Gasteiger partial charge >= 0.3 is 12.4 Å². The molecule has 4 nitrogen and oxygen atoms in total. The van der Waals surface area contributed by atoms with Crippen molar-refractivity contribution in [3.05, 3.63) is 22.7 Å². The van der Waals surface area contributed by atoms with Crippen molar-refractivity contribution in [1.82, 2.24) is 4.90 Å². The molecule has 0 aliphatic rings. The van der Waals surface area contributed by atoms with Gasteiger partial charge in [-0.25, -0.2) is 4.79 Å². The summed E-state index contributed by atoms with van der Waals surface area (Å²) in [5.74, 6) is -0.363. The summed E-state index contributed by atoms with van der Waals surface area (Å²) < 4.78 is 40.2. The summed E-state index contributed by atoms with van der Waals surface area (Å²) in [6.07, 6.45) is -4.76. The van der Waals surface area contributed by atoms with Crippen molar-refractivity contribution in [3.8, 4) is 5.75 Å². The van der Waals surface area contributed by atoms with Gasteiger partial charge in [-0.05, 0) is 48.0 Å². The minimum Gasteiger partial charge on any atom is -0.405 e. The Morgan fingerprint density at radius 2 is 1.95 bits per heavy atom. The van der Waals surface area contributed by atoms with Gasteiger partial charge in [-0.2, -0.15) is 0 Å². The van der Waals surface area contributed by atoms with Gasteiger partial charge < -0.3 is 15.0 Å². The van der Waals surface area contributed by atoms with Crippen molar-refractivity contribution < 1.29 is 22.7 Å². The predicted molar refractivity (Wildman–Crippen MR) is 72.8 cm³/mol. The molecule has 112 valence electrons. The number of nitrogens with one attached hydrogen (secondary N) is 1. The molecule has 0 atom stereocenters. The van der Waals surface area contributed by atoms with E-state index in [-0.39, 0.29) is 16.3 Å². The minimum atomic E-state index is -4.76. The number of carbonyl (C=O) groups is 1. The molecule has 8 heteroatoms. The van der Waals surface area contributed by atoms with Gasteiger partial charge in [-0.15, -0.1) is 13.2 Å². The van der Waals surface area contributed by atoms with E-state index in [0.29, 0.717) is 18.8 Å². The molecule has 20 heavy (non-hydrogen) atoms. The molecule has 2 amide bonds. The van der Waals surface area contributed by atoms with Crippen LogP contribution in [0.25, 0.3) is 0 Å². The minimum absolute atomic E-state index is 0.104. The van der Waals surface area contributed by atoms with E-state index in [1.807, 2.05) is 13.8 Å². The Kier molecular flexibility index (Phi) is 5.67. The first-order valence-electron chi connectivity index (χ1n) is 5.88. The maximum atomic E-state index is 12.1. The average molecular weight is 355 g/mol. The van der Waals surface area contributed by atoms with Gasteiger partial charge in [0, 0.05) is 18.8 Å². The number of benzene rings is 1. The van der Waals surface area contributed by atoms with Crippen LogP contribution in [-0.2, 0) is 0 Å². The average Bonchev–Trinajstić information content (AvgIpc) is 2.33. The summed E-state index contributed by atoms with van der Waals surface area (Å²) in [6, 6.07) is 3.51. The van der Waals surface area contributed by atoms with Gasteiger partial charge in [0.2, 0.25) is 0 Å². The molecule has 0 aliphatic heterocycles. The van der Waals surface area contributed by atoms with Crippen molar-refractivity contribution in [3.63, 3.8) is 0 Å². The molecule has 0 saturated heterocycles. The van der Waals surface area contributed by atoms with Gasteiger partial charge in [0.05, 0.1) is 4.47 Å². The van der Waals surface area contributed by atoms with Crippen LogP contribution in [0.5, 0.6) is 5.75 Å². The fraction of sp³-hybridized carbons (Fsp3) is 0.417. The molecule has 0 heterocycles. The molecule has 0 radical (unpaired) electrons. The fourth-order valence-electron chi connectivity index (χ4n) is 1.50. The Morgan fingerprint density at radius 1 is 1.35 bits per heavy atom. The zero-order chi connectivity index (χ0) is 15.3. The monoisotopic (exact) mass is 354 g/mol. The van der Waals surface area contributed by atoms with Crippen molar-refractivity contribution in [2.75, 3.05) is 18.4 Å². The third-order valence-corrected chi connectivity index (χ3v) is 3.08. The predicted octanol–water partition coefficient (Wildman–Crippen LogP) is 4.22. The smallest absolute Gasteiger partial charge is 0.405 e. The Balaban J connectivity index is 2.80. The Labute approximate surface area is 123 Å². The van der Waals surface area contributed by atoms with E-state index in [1.54, 1.807) is 4.90 Å². The molecule has 0 aromatic heterocycles. The van der Waals surface area contributed by atoms with E-state index in [4.69, 9.17) is 0 Å². The SMILES string of the molecule is CCN(CC)C(=O)Nc1ccc(OC(F)(F)F)c(Br)c1. The van der Waals surface area contributed by atoms with Crippen LogP contribution in [0.3, 0.4) is 0 Å². The van der Waals surface area contributed by atoms with E-state index in [1.165, 1.54) is 12.1 Å². The van der Waals surface area contributed by atoms with Crippen LogP contribution in [0.2, 0.25) is 0 Å². The quantitative estimate of drug-likeness (QED) is 0.879. The highest BCUT2D eigenvalue weighted by Crippen LogP contribution is 2.32. The number of anilines is 1. The van der Waals surface area contributed by atoms with Gasteiger partial charge in [0.15, 0.2) is 0 Å². The van der Waals surface area contributed by atoms with Crippen LogP contribution in [0, 0.1) is 0 Å². The van der Waals surface area contributed by atoms with Crippen molar-refractivity contribution in [2.24, 2.45) is 0 Å². The molecule has 1 rings (SSSR count). The standard InChI is InChI=1S/C12H14BrF3N2O2/c1-3-18(4-2)11(19)17-8-5-6-10(9(13)7-8)20-12(14,15)16/h5-7H,3-4H2,1-2H3,(H,17,19). The fourth-order valence-corrected chi connectivity index (χ4v) is 1.96. The zero-order valence-corrected chi connectivity index (χ0v) is 12.5. The summed E-state index contributed by atoms with van der Waals surface area (Å²) in [7, 11) is 0. The lowest BCUT2D eigenvalue weighted by molar-refractivity contribution is -0.274. The summed E-state index contributed by atoms with van der Waals surface area (Å²) in [5, 5.41) is 2.59. The normalized spacial score (nSPS) is 11.1. The first-order chi connectivity index (χ1) is 9.26. The number of nitrogens with zero attached hydrogens (tertiary/aromatic N) is 1. The van der Waals surface area contributed by atoms with Gasteiger partial charge in [0.25, 0.3) is 0 Å². The molecular weight excluding hydrogens is 341 g/mol. The maximum absolute atomic E-state index is 12.1. The second-order valence-electron chi connectivity index (χ2n) is 3.80. The second-order valence-corrected chi connectivity index (χ2v) is 4.65. The van der Waals surface area contributed by atoms with Crippen LogP contribution in [0.4, 0.5) is 23.7 Å². The lowest BCUT2D eigenvalue weighted by Gasteiger charge is -2.19. The van der Waals surface area contributed by atoms with Gasteiger partial charge in [-0.3, -0.25) is 0 Å². The summed E-state index contributed by atoms with van der Waals surface area (Å²) in [6.45, 7) is 4.75. The number of ether oxygens (including phenoxy) is 1. The number of carbonyl (C=O) groups excluding carboxylic acids is 1. The molecule has 0 fully saturated rings. The highest BCUT2D eigenvalue weighted by Gasteiger charge is 2.32. The Morgan fingerprint density at radius 3 is 2.40 bits per heavy atom. The van der Waals surface area contributed by atoms with Gasteiger partial charge in [0.1, 0.15) is 5.75 Å². The van der Waals surface area contributed by atoms with Crippen LogP contribution in [-0.4, -0.2) is 30.4 Å². The van der Waals surface area contributed by atoms with Crippen molar-refractivity contribution in [1.29, 1.82) is 0 Å². The first kappa shape index (κ1) is 16.6. The number of urea groups is 1. The largest absolute Gasteiger partial charge is 0.573 e. The number of alkyl halides is 3. The topological polar surface area (TPSA) is 41.6 Å². The van der Waals surface area contributed by atoms with Crippen molar-refractivity contribution >= 4 is 27.6 Å². The molecule has 0 unspecified atom stereocenters. The number of hydrogen-bond acceptors (Lipinski definition) is 2. The first-order valence-corrected chi connectivity index (χ1v) is 6.67. The third kappa shape index (κ3) is 4.92. The second kappa shape index (κ2) is 6.83. The molecule has 0 bridgehead atoms. The number of halogens is 4. The van der Waals surface area contributed by atoms with Crippen LogP contribution in [0.15, 0.2) is 22.7 Å². The molecular formula is C12H14BrF3N2O2. The number of amides is 2. The van der Waals surface area contributed by atoms with E-state index in [9.17, 15) is 18.0 Å². The van der Waals surface area contributed by atoms with E-state index < -0.39 is 6.36 Å². The molecule has 1 N–H and O–H groups in total. The summed E-state index contributed by atoms with van der Waals surface area (Å²) in [4.78, 5) is 13.3. The summed E-state index contributed by atoms with van der Waals surface area (Å²) >= 11 is 2.97. The van der Waals surface area contributed by atoms with Crippen LogP contribution < -0.4 is 10.1 Å². The third-order valence-electron chi connectivity index (χ3n) is 2.46. The van der Waals surface area contributed by atoms with Crippen LogP contribution in [0.1, 0.15) is 13.8 Å². The zero-order valence-electron chi connectivity index (χ0n) is 10.9. The molecule has 0 saturated carbocycles. The Bertz CT molecular complexity index is 476. The molecule has 0 aliphatic carbocycles. The highest BCUT2D eigenvalue weighted by molar-refractivity contribution is 9.10. The van der Waals surface area contributed by atoms with Gasteiger partial charge in [-0.1, -0.05) is 0 Å². The number of hydrogen-bond donors (Lipinski definition) is 1. The molecule has 1 aromatic rings. The van der Waals surface area contributed by atoms with Crippen molar-refractivity contribution in [2.45, 2.75) is 20.2 Å². The lowest BCUT2D eigenvalue weighted by atomic mass is 10.3. The van der Waals surface area contributed by atoms with E-state index in [0.717, 1.165) is 6.07 Å². The summed E-state index contributed by atoms with van der Waals surface area (Å²) in [5.41, 5.74) is 0.378.